The molecule has 0 bridgehead atoms. The number of rotatable bonds is 6. The van der Waals surface area contributed by atoms with Gasteiger partial charge in [-0.2, -0.15) is 0 Å². The number of halogens is 2. The van der Waals surface area contributed by atoms with Crippen LogP contribution in [0.4, 0.5) is 11.4 Å². The maximum absolute atomic E-state index is 12.3. The van der Waals surface area contributed by atoms with Gasteiger partial charge in [0.25, 0.3) is 5.91 Å². The van der Waals surface area contributed by atoms with E-state index < -0.39 is 9.75 Å². The molecule has 0 aromatic heterocycles. The van der Waals surface area contributed by atoms with Crippen LogP contribution >= 0.6 is 23.2 Å². The molecule has 0 heterocycles. The first-order valence-corrected chi connectivity index (χ1v) is 9.34. The third kappa shape index (κ3) is 4.20. The average molecular weight is 407 g/mol. The molecule has 5 nitrogen and oxygen atoms in total. The summed E-state index contributed by atoms with van der Waals surface area (Å²) in [7, 11) is 0. The Morgan fingerprint density at radius 1 is 1.00 bits per heavy atom. The molecule has 2 aromatic carbocycles. The van der Waals surface area contributed by atoms with Crippen molar-refractivity contribution >= 4 is 46.4 Å². The highest BCUT2D eigenvalue weighted by molar-refractivity contribution is 6.53. The summed E-state index contributed by atoms with van der Waals surface area (Å²) in [6, 6.07) is 13.8. The van der Waals surface area contributed by atoms with Crippen molar-refractivity contribution in [1.82, 2.24) is 0 Å². The van der Waals surface area contributed by atoms with E-state index in [0.29, 0.717) is 30.0 Å². The summed E-state index contributed by atoms with van der Waals surface area (Å²) in [4.78, 5) is 24.6. The molecule has 27 heavy (non-hydrogen) atoms. The fraction of sp³-hybridized carbons (Fsp3) is 0.300. The topological polar surface area (TPSA) is 67.4 Å². The fourth-order valence-corrected chi connectivity index (χ4v) is 3.33. The van der Waals surface area contributed by atoms with Crippen molar-refractivity contribution in [1.29, 1.82) is 0 Å². The van der Waals surface area contributed by atoms with Crippen molar-refractivity contribution in [3.8, 4) is 5.75 Å². The lowest BCUT2D eigenvalue weighted by Crippen LogP contribution is -2.25. The lowest BCUT2D eigenvalue weighted by Gasteiger charge is -2.13. The lowest BCUT2D eigenvalue weighted by molar-refractivity contribution is -0.120. The number of anilines is 2. The highest BCUT2D eigenvalue weighted by Gasteiger charge is 2.67. The van der Waals surface area contributed by atoms with Crippen LogP contribution < -0.4 is 15.4 Å². The van der Waals surface area contributed by atoms with Gasteiger partial charge >= 0.3 is 0 Å². The van der Waals surface area contributed by atoms with Crippen molar-refractivity contribution in [2.24, 2.45) is 5.41 Å². The van der Waals surface area contributed by atoms with Gasteiger partial charge in [-0.15, -0.1) is 23.2 Å². The third-order valence-corrected chi connectivity index (χ3v) is 5.69. The summed E-state index contributed by atoms with van der Waals surface area (Å²) in [5.41, 5.74) is 0.932. The van der Waals surface area contributed by atoms with Crippen molar-refractivity contribution in [3.63, 3.8) is 0 Å². The van der Waals surface area contributed by atoms with E-state index in [9.17, 15) is 9.59 Å². The zero-order chi connectivity index (χ0) is 19.7. The second-order valence-electron chi connectivity index (χ2n) is 6.66. The van der Waals surface area contributed by atoms with Crippen molar-refractivity contribution in [2.75, 3.05) is 17.2 Å². The number of hydrogen-bond donors (Lipinski definition) is 2. The van der Waals surface area contributed by atoms with E-state index in [2.05, 4.69) is 10.6 Å². The number of amides is 2. The SMILES string of the molecule is CCOc1ccc(NC(=O)c2ccc(NC(=O)C3(C)CC3(Cl)Cl)cc2)cc1. The van der Waals surface area contributed by atoms with Gasteiger partial charge in [0.15, 0.2) is 0 Å². The molecule has 142 valence electrons. The number of nitrogens with one attached hydrogen (secondary N) is 2. The Bertz CT molecular complexity index is 851. The Labute approximate surface area is 168 Å². The standard InChI is InChI=1S/C20H20Cl2N2O3/c1-3-27-16-10-8-14(9-11-16)23-17(25)13-4-6-15(7-5-13)24-18(26)19(2)12-20(19,21)22/h4-11H,3,12H2,1-2H3,(H,23,25)(H,24,26). The number of ether oxygens (including phenoxy) is 1. The minimum atomic E-state index is -1.02. The summed E-state index contributed by atoms with van der Waals surface area (Å²) in [5.74, 6) is 0.267. The molecule has 1 saturated carbocycles. The maximum Gasteiger partial charge on any atom is 0.255 e. The van der Waals surface area contributed by atoms with Gasteiger partial charge in [-0.3, -0.25) is 9.59 Å². The smallest absolute Gasteiger partial charge is 0.255 e. The van der Waals surface area contributed by atoms with Crippen LogP contribution in [0.25, 0.3) is 0 Å². The van der Waals surface area contributed by atoms with Crippen LogP contribution in [-0.2, 0) is 4.79 Å². The third-order valence-electron chi connectivity index (χ3n) is 4.59. The molecule has 0 spiro atoms. The summed E-state index contributed by atoms with van der Waals surface area (Å²) in [6.07, 6.45) is 0.414. The molecular weight excluding hydrogens is 387 g/mol. The van der Waals surface area contributed by atoms with Crippen LogP contribution in [-0.4, -0.2) is 22.8 Å². The Hall–Kier alpha value is -2.24. The molecule has 3 rings (SSSR count). The molecular formula is C20H20Cl2N2O3. The predicted molar refractivity (Wildman–Crippen MR) is 108 cm³/mol. The van der Waals surface area contributed by atoms with Gasteiger partial charge < -0.3 is 15.4 Å². The van der Waals surface area contributed by atoms with Gasteiger partial charge in [0.2, 0.25) is 5.91 Å². The average Bonchev–Trinajstić information content (AvgIpc) is 3.17. The maximum atomic E-state index is 12.3. The number of hydrogen-bond acceptors (Lipinski definition) is 3. The molecule has 1 aliphatic rings. The van der Waals surface area contributed by atoms with Gasteiger partial charge in [0.1, 0.15) is 10.1 Å². The van der Waals surface area contributed by atoms with E-state index in [-0.39, 0.29) is 11.8 Å². The summed E-state index contributed by atoms with van der Waals surface area (Å²) >= 11 is 12.0. The predicted octanol–water partition coefficient (Wildman–Crippen LogP) is 4.86. The van der Waals surface area contributed by atoms with E-state index in [1.165, 1.54) is 0 Å². The quantitative estimate of drug-likeness (QED) is 0.672. The Morgan fingerprint density at radius 3 is 2.04 bits per heavy atom. The van der Waals surface area contributed by atoms with Crippen LogP contribution in [0.15, 0.2) is 48.5 Å². The number of alkyl halides is 2. The van der Waals surface area contributed by atoms with Crippen LogP contribution in [0.2, 0.25) is 0 Å². The minimum Gasteiger partial charge on any atom is -0.494 e. The number of carbonyl (C=O) groups is 2. The molecule has 1 aliphatic carbocycles. The second kappa shape index (κ2) is 7.41. The monoisotopic (exact) mass is 406 g/mol. The first-order valence-electron chi connectivity index (χ1n) is 8.59. The molecule has 2 amide bonds. The number of carbonyl (C=O) groups excluding carboxylic acids is 2. The van der Waals surface area contributed by atoms with Gasteiger partial charge in [-0.05, 0) is 68.8 Å². The normalized spacial score (nSPS) is 19.9. The van der Waals surface area contributed by atoms with Gasteiger partial charge in [-0.25, -0.2) is 0 Å². The van der Waals surface area contributed by atoms with E-state index in [4.69, 9.17) is 27.9 Å². The Morgan fingerprint density at radius 2 is 1.52 bits per heavy atom. The molecule has 2 aromatic rings. The molecule has 0 saturated heterocycles. The van der Waals surface area contributed by atoms with Crippen molar-refractivity contribution in [2.45, 2.75) is 24.6 Å². The Balaban J connectivity index is 1.59. The van der Waals surface area contributed by atoms with Crippen LogP contribution in [0.1, 0.15) is 30.6 Å². The summed E-state index contributed by atoms with van der Waals surface area (Å²) < 4.78 is 4.35. The summed E-state index contributed by atoms with van der Waals surface area (Å²) in [5, 5.41) is 5.60. The van der Waals surface area contributed by atoms with Crippen LogP contribution in [0.3, 0.4) is 0 Å². The molecule has 0 radical (unpaired) electrons. The zero-order valence-corrected chi connectivity index (χ0v) is 16.5. The molecule has 1 fully saturated rings. The van der Waals surface area contributed by atoms with Crippen molar-refractivity contribution < 1.29 is 14.3 Å². The molecule has 1 atom stereocenters. The minimum absolute atomic E-state index is 0.237. The van der Waals surface area contributed by atoms with E-state index >= 15 is 0 Å². The van der Waals surface area contributed by atoms with E-state index in [0.717, 1.165) is 5.75 Å². The van der Waals surface area contributed by atoms with Crippen LogP contribution in [0.5, 0.6) is 5.75 Å². The summed E-state index contributed by atoms with van der Waals surface area (Å²) in [6.45, 7) is 4.22. The second-order valence-corrected chi connectivity index (χ2v) is 8.14. The van der Waals surface area contributed by atoms with Gasteiger partial charge in [0.05, 0.1) is 12.0 Å². The van der Waals surface area contributed by atoms with E-state index in [1.54, 1.807) is 55.5 Å². The zero-order valence-electron chi connectivity index (χ0n) is 15.0. The van der Waals surface area contributed by atoms with Crippen molar-refractivity contribution in [3.05, 3.63) is 54.1 Å². The van der Waals surface area contributed by atoms with Crippen LogP contribution in [0, 0.1) is 5.41 Å². The molecule has 1 unspecified atom stereocenters. The van der Waals surface area contributed by atoms with Gasteiger partial charge in [0, 0.05) is 16.9 Å². The highest BCUT2D eigenvalue weighted by Crippen LogP contribution is 2.64. The Kier molecular flexibility index (Phi) is 5.36. The molecule has 7 heteroatoms. The van der Waals surface area contributed by atoms with Gasteiger partial charge in [-0.1, -0.05) is 0 Å². The first-order chi connectivity index (χ1) is 12.7. The molecule has 2 N–H and O–H groups in total. The fourth-order valence-electron chi connectivity index (χ4n) is 2.62. The first kappa shape index (κ1) is 19.5. The number of benzene rings is 2. The molecule has 0 aliphatic heterocycles. The highest BCUT2D eigenvalue weighted by atomic mass is 35.5. The lowest BCUT2D eigenvalue weighted by atomic mass is 10.1. The van der Waals surface area contributed by atoms with E-state index in [1.807, 2.05) is 6.92 Å². The largest absolute Gasteiger partial charge is 0.494 e.